The number of anilines is 2. The van der Waals surface area contributed by atoms with Gasteiger partial charge in [-0.15, -0.1) is 0 Å². The predicted octanol–water partition coefficient (Wildman–Crippen LogP) is 2.17. The zero-order valence-corrected chi connectivity index (χ0v) is 13.8. The van der Waals surface area contributed by atoms with E-state index in [1.54, 1.807) is 0 Å². The van der Waals surface area contributed by atoms with Crippen LogP contribution in [0.4, 0.5) is 16.2 Å². The Morgan fingerprint density at radius 1 is 1.12 bits per heavy atom. The van der Waals surface area contributed by atoms with Gasteiger partial charge in [-0.2, -0.15) is 0 Å². The first-order chi connectivity index (χ1) is 11.7. The summed E-state index contributed by atoms with van der Waals surface area (Å²) in [5, 5.41) is 5.92. The van der Waals surface area contributed by atoms with E-state index in [0.29, 0.717) is 19.0 Å². The maximum Gasteiger partial charge on any atom is 0.319 e. The number of carbonyl (C=O) groups excluding carboxylic acids is 2. The topological polar surface area (TPSA) is 64.7 Å². The van der Waals surface area contributed by atoms with Crippen LogP contribution >= 0.6 is 0 Å². The highest BCUT2D eigenvalue weighted by Crippen LogP contribution is 2.31. The fourth-order valence-electron chi connectivity index (χ4n) is 3.72. The summed E-state index contributed by atoms with van der Waals surface area (Å²) in [6.07, 6.45) is 5.02. The Kier molecular flexibility index (Phi) is 4.04. The molecular weight excluding hydrogens is 304 g/mol. The number of benzene rings is 1. The van der Waals surface area contributed by atoms with Gasteiger partial charge in [0.25, 0.3) is 0 Å². The molecule has 0 unspecified atom stereocenters. The number of amides is 3. The Hall–Kier alpha value is -2.24. The van der Waals surface area contributed by atoms with E-state index >= 15 is 0 Å². The molecule has 0 bridgehead atoms. The number of likely N-dealkylation sites (tertiary alicyclic amines) is 1. The predicted molar refractivity (Wildman–Crippen MR) is 93.2 cm³/mol. The fraction of sp³-hybridized carbons (Fsp3) is 0.556. The van der Waals surface area contributed by atoms with Crippen LogP contribution in [-0.2, 0) is 4.79 Å². The van der Waals surface area contributed by atoms with Crippen LogP contribution in [0.5, 0.6) is 0 Å². The van der Waals surface area contributed by atoms with Gasteiger partial charge in [0.1, 0.15) is 0 Å². The molecule has 1 aliphatic carbocycles. The van der Waals surface area contributed by atoms with Crippen molar-refractivity contribution >= 4 is 23.3 Å². The van der Waals surface area contributed by atoms with E-state index in [2.05, 4.69) is 21.6 Å². The third-order valence-corrected chi connectivity index (χ3v) is 5.08. The third-order valence-electron chi connectivity index (χ3n) is 5.08. The van der Waals surface area contributed by atoms with Gasteiger partial charge in [0.05, 0.1) is 17.4 Å². The van der Waals surface area contributed by atoms with Gasteiger partial charge in [0, 0.05) is 32.1 Å². The zero-order valence-electron chi connectivity index (χ0n) is 13.8. The maximum absolute atomic E-state index is 12.4. The largest absolute Gasteiger partial charge is 0.370 e. The molecule has 4 rings (SSSR count). The minimum atomic E-state index is -0.225. The van der Waals surface area contributed by atoms with Crippen molar-refractivity contribution in [1.82, 2.24) is 10.2 Å². The van der Waals surface area contributed by atoms with Gasteiger partial charge in [-0.05, 0) is 37.8 Å². The number of carbonyl (C=O) groups is 2. The minimum absolute atomic E-state index is 0.0861. The quantitative estimate of drug-likeness (QED) is 0.890. The van der Waals surface area contributed by atoms with Gasteiger partial charge >= 0.3 is 6.03 Å². The van der Waals surface area contributed by atoms with Crippen LogP contribution in [0.1, 0.15) is 32.1 Å². The standard InChI is InChI=1S/C18H24N4O2/c23-17-11-13(12-22(17)14-7-8-14)19-18(24)20-15-5-1-2-6-16(15)21-9-3-4-10-21/h1-2,5-6,13-14H,3-4,7-12H2,(H2,19,20,24)/t13-/m1/s1. The fourth-order valence-corrected chi connectivity index (χ4v) is 3.72. The molecule has 1 atom stereocenters. The van der Waals surface area contributed by atoms with Crippen molar-refractivity contribution in [1.29, 1.82) is 0 Å². The molecule has 1 aromatic rings. The number of nitrogens with zero attached hydrogens (tertiary/aromatic N) is 2. The number of hydrogen-bond acceptors (Lipinski definition) is 3. The van der Waals surface area contributed by atoms with E-state index < -0.39 is 0 Å². The molecule has 6 nitrogen and oxygen atoms in total. The van der Waals surface area contributed by atoms with E-state index in [4.69, 9.17) is 0 Å². The summed E-state index contributed by atoms with van der Waals surface area (Å²) < 4.78 is 0. The van der Waals surface area contributed by atoms with Crippen LogP contribution in [0.25, 0.3) is 0 Å². The lowest BCUT2D eigenvalue weighted by Gasteiger charge is -2.22. The van der Waals surface area contributed by atoms with Gasteiger partial charge in [-0.1, -0.05) is 12.1 Å². The molecule has 1 aromatic carbocycles. The molecule has 6 heteroatoms. The maximum atomic E-state index is 12.4. The highest BCUT2D eigenvalue weighted by molar-refractivity contribution is 5.94. The number of urea groups is 1. The normalized spacial score (nSPS) is 23.7. The Morgan fingerprint density at radius 2 is 1.88 bits per heavy atom. The van der Waals surface area contributed by atoms with E-state index in [-0.39, 0.29) is 18.0 Å². The molecule has 2 aliphatic heterocycles. The lowest BCUT2D eigenvalue weighted by Crippen LogP contribution is -2.40. The van der Waals surface area contributed by atoms with Crippen LogP contribution in [-0.4, -0.2) is 48.6 Å². The van der Waals surface area contributed by atoms with Crippen molar-refractivity contribution in [3.8, 4) is 0 Å². The van der Waals surface area contributed by atoms with E-state index in [9.17, 15) is 9.59 Å². The van der Waals surface area contributed by atoms with E-state index in [1.165, 1.54) is 12.8 Å². The Balaban J connectivity index is 1.37. The van der Waals surface area contributed by atoms with Gasteiger partial charge in [-0.3, -0.25) is 4.79 Å². The summed E-state index contributed by atoms with van der Waals surface area (Å²) >= 11 is 0. The molecule has 0 radical (unpaired) electrons. The SMILES string of the molecule is O=C(Nc1ccccc1N1CCCC1)N[C@@H]1CC(=O)N(C2CC2)C1. The van der Waals surface area contributed by atoms with Crippen LogP contribution in [0.15, 0.2) is 24.3 Å². The van der Waals surface area contributed by atoms with Crippen LogP contribution in [0.3, 0.4) is 0 Å². The highest BCUT2D eigenvalue weighted by Gasteiger charge is 2.39. The summed E-state index contributed by atoms with van der Waals surface area (Å²) in [7, 11) is 0. The Bertz CT molecular complexity index is 638. The average Bonchev–Trinajstić information content (AvgIpc) is 3.12. The number of para-hydroxylation sites is 2. The van der Waals surface area contributed by atoms with Crippen molar-refractivity contribution in [2.75, 3.05) is 29.9 Å². The zero-order chi connectivity index (χ0) is 16.5. The van der Waals surface area contributed by atoms with Crippen molar-refractivity contribution in [2.45, 2.75) is 44.2 Å². The van der Waals surface area contributed by atoms with E-state index in [1.807, 2.05) is 23.1 Å². The first-order valence-electron chi connectivity index (χ1n) is 8.91. The number of hydrogen-bond donors (Lipinski definition) is 2. The molecular formula is C18H24N4O2. The molecule has 0 aromatic heterocycles. The molecule has 3 amide bonds. The van der Waals surface area contributed by atoms with Gasteiger partial charge < -0.3 is 20.4 Å². The van der Waals surface area contributed by atoms with Crippen LogP contribution in [0.2, 0.25) is 0 Å². The van der Waals surface area contributed by atoms with Gasteiger partial charge in [0.2, 0.25) is 5.91 Å². The molecule has 24 heavy (non-hydrogen) atoms. The molecule has 1 saturated carbocycles. The second-order valence-electron chi connectivity index (χ2n) is 6.99. The monoisotopic (exact) mass is 328 g/mol. The molecule has 128 valence electrons. The van der Waals surface area contributed by atoms with Crippen LogP contribution in [0, 0.1) is 0 Å². The molecule has 3 fully saturated rings. The van der Waals surface area contributed by atoms with Crippen molar-refractivity contribution in [3.63, 3.8) is 0 Å². The summed E-state index contributed by atoms with van der Waals surface area (Å²) in [4.78, 5) is 28.6. The minimum Gasteiger partial charge on any atom is -0.370 e. The second kappa shape index (κ2) is 6.34. The Morgan fingerprint density at radius 3 is 2.62 bits per heavy atom. The average molecular weight is 328 g/mol. The van der Waals surface area contributed by atoms with Gasteiger partial charge in [0.15, 0.2) is 0 Å². The smallest absolute Gasteiger partial charge is 0.319 e. The Labute approximate surface area is 142 Å². The molecule has 2 heterocycles. The summed E-state index contributed by atoms with van der Waals surface area (Å²) in [5.41, 5.74) is 1.91. The first kappa shape index (κ1) is 15.3. The molecule has 0 spiro atoms. The lowest BCUT2D eigenvalue weighted by molar-refractivity contribution is -0.128. The van der Waals surface area contributed by atoms with Gasteiger partial charge in [-0.25, -0.2) is 4.79 Å². The van der Waals surface area contributed by atoms with Crippen molar-refractivity contribution in [3.05, 3.63) is 24.3 Å². The number of rotatable bonds is 4. The van der Waals surface area contributed by atoms with Crippen LogP contribution < -0.4 is 15.5 Å². The lowest BCUT2D eigenvalue weighted by atomic mass is 10.2. The first-order valence-corrected chi connectivity index (χ1v) is 8.91. The molecule has 2 N–H and O–H groups in total. The summed E-state index contributed by atoms with van der Waals surface area (Å²) in [5.74, 6) is 0.167. The third kappa shape index (κ3) is 3.18. The highest BCUT2D eigenvalue weighted by atomic mass is 16.2. The number of nitrogens with one attached hydrogen (secondary N) is 2. The van der Waals surface area contributed by atoms with E-state index in [0.717, 1.165) is 37.3 Å². The van der Waals surface area contributed by atoms with Crippen molar-refractivity contribution < 1.29 is 9.59 Å². The van der Waals surface area contributed by atoms with Crippen molar-refractivity contribution in [2.24, 2.45) is 0 Å². The second-order valence-corrected chi connectivity index (χ2v) is 6.99. The molecule has 2 saturated heterocycles. The molecule has 3 aliphatic rings. The summed E-state index contributed by atoms with van der Waals surface area (Å²) in [6, 6.07) is 8.03. The summed E-state index contributed by atoms with van der Waals surface area (Å²) in [6.45, 7) is 2.71.